The molecule has 0 fully saturated rings. The fourth-order valence-corrected chi connectivity index (χ4v) is 3.86. The van der Waals surface area contributed by atoms with E-state index in [4.69, 9.17) is 27.3 Å². The summed E-state index contributed by atoms with van der Waals surface area (Å²) in [5, 5.41) is 18.9. The number of carbonyl (C=O) groups is 1. The maximum Gasteiger partial charge on any atom is 0.196 e. The van der Waals surface area contributed by atoms with Gasteiger partial charge in [-0.1, -0.05) is 35.5 Å². The molecule has 0 unspecified atom stereocenters. The zero-order valence-corrected chi connectivity index (χ0v) is 18.6. The van der Waals surface area contributed by atoms with Crippen molar-refractivity contribution in [3.63, 3.8) is 0 Å². The third kappa shape index (κ3) is 5.26. The van der Waals surface area contributed by atoms with Crippen LogP contribution in [-0.4, -0.2) is 32.9 Å². The van der Waals surface area contributed by atoms with Crippen molar-refractivity contribution in [2.75, 3.05) is 12.4 Å². The number of carbonyl (C=O) groups excluding carboxylic acids is 1. The summed E-state index contributed by atoms with van der Waals surface area (Å²) in [5.74, 6) is 0.961. The van der Waals surface area contributed by atoms with Gasteiger partial charge in [0.2, 0.25) is 0 Å². The first-order valence-corrected chi connectivity index (χ1v) is 10.8. The molecule has 0 saturated carbocycles. The van der Waals surface area contributed by atoms with Gasteiger partial charge in [0.1, 0.15) is 17.4 Å². The van der Waals surface area contributed by atoms with Crippen LogP contribution in [-0.2, 0) is 4.79 Å². The van der Waals surface area contributed by atoms with Gasteiger partial charge >= 0.3 is 0 Å². The van der Waals surface area contributed by atoms with Gasteiger partial charge in [-0.05, 0) is 50.2 Å². The third-order valence-corrected chi connectivity index (χ3v) is 5.40. The molecule has 9 heteroatoms. The van der Waals surface area contributed by atoms with E-state index in [1.165, 1.54) is 18.7 Å². The molecule has 0 aliphatic rings. The highest BCUT2D eigenvalue weighted by Gasteiger charge is 2.19. The van der Waals surface area contributed by atoms with Crippen molar-refractivity contribution in [2.24, 2.45) is 5.73 Å². The van der Waals surface area contributed by atoms with Gasteiger partial charge in [0.05, 0.1) is 12.4 Å². The number of hydrogen-bond donors (Lipinski definition) is 1. The van der Waals surface area contributed by atoms with E-state index in [9.17, 15) is 4.79 Å². The maximum atomic E-state index is 12.4. The molecular weight excluding hydrogens is 434 g/mol. The number of allylic oxidation sites excluding steroid dienone is 2. The molecule has 158 valence electrons. The summed E-state index contributed by atoms with van der Waals surface area (Å²) in [6, 6.07) is 16.6. The number of aromatic nitrogens is 3. The van der Waals surface area contributed by atoms with Gasteiger partial charge in [0.25, 0.3) is 0 Å². The molecule has 31 heavy (non-hydrogen) atoms. The Kier molecular flexibility index (Phi) is 7.34. The summed E-state index contributed by atoms with van der Waals surface area (Å²) < 4.78 is 7.36. The first kappa shape index (κ1) is 22.4. The number of nitrogens with two attached hydrogens (primary N) is 1. The van der Waals surface area contributed by atoms with E-state index >= 15 is 0 Å². The summed E-state index contributed by atoms with van der Waals surface area (Å²) in [6.45, 7) is 4.02. The van der Waals surface area contributed by atoms with Crippen molar-refractivity contribution in [1.29, 1.82) is 5.26 Å². The zero-order chi connectivity index (χ0) is 22.4. The molecule has 2 N–H and O–H groups in total. The van der Waals surface area contributed by atoms with Crippen LogP contribution in [0.1, 0.15) is 13.8 Å². The summed E-state index contributed by atoms with van der Waals surface area (Å²) in [6.07, 6.45) is 0. The van der Waals surface area contributed by atoms with Gasteiger partial charge < -0.3 is 10.5 Å². The topological polar surface area (TPSA) is 107 Å². The van der Waals surface area contributed by atoms with Crippen molar-refractivity contribution in [1.82, 2.24) is 14.8 Å². The normalized spacial score (nSPS) is 11.5. The molecule has 0 bridgehead atoms. The SMILES string of the molecule is CCOc1ccc(-n2c(SCC(=O)/C(C#N)=C(/C)N)nnc2-c2cccc(Cl)c2)cc1. The first-order valence-electron chi connectivity index (χ1n) is 9.41. The second-order valence-electron chi connectivity index (χ2n) is 6.46. The molecule has 0 saturated heterocycles. The number of ketones is 1. The standard InChI is InChI=1S/C22H20ClN5O2S/c1-3-30-18-9-7-17(8-10-18)28-21(15-5-4-6-16(23)11-15)26-27-22(28)31-13-20(29)19(12-24)14(2)25/h4-11H,3,13,25H2,1-2H3/b19-14-. The van der Waals surface area contributed by atoms with Crippen LogP contribution < -0.4 is 10.5 Å². The summed E-state index contributed by atoms with van der Waals surface area (Å²) in [4.78, 5) is 12.4. The number of rotatable bonds is 8. The van der Waals surface area contributed by atoms with Gasteiger partial charge in [0.15, 0.2) is 16.8 Å². The predicted octanol–water partition coefficient (Wildman–Crippen LogP) is 4.40. The van der Waals surface area contributed by atoms with E-state index in [2.05, 4.69) is 10.2 Å². The second kappa shape index (κ2) is 10.2. The minimum atomic E-state index is -0.363. The lowest BCUT2D eigenvalue weighted by Crippen LogP contribution is -2.11. The van der Waals surface area contributed by atoms with Crippen LogP contribution in [0.3, 0.4) is 0 Å². The average molecular weight is 454 g/mol. The fourth-order valence-electron chi connectivity index (χ4n) is 2.84. The lowest BCUT2D eigenvalue weighted by Gasteiger charge is -2.11. The number of thioether (sulfide) groups is 1. The van der Waals surface area contributed by atoms with E-state index < -0.39 is 0 Å². The Morgan fingerprint density at radius 2 is 2.00 bits per heavy atom. The Labute approximate surface area is 189 Å². The lowest BCUT2D eigenvalue weighted by molar-refractivity contribution is -0.112. The molecule has 3 aromatic rings. The van der Waals surface area contributed by atoms with Crippen LogP contribution in [0.4, 0.5) is 0 Å². The number of nitriles is 1. The van der Waals surface area contributed by atoms with E-state index in [0.717, 1.165) is 17.0 Å². The van der Waals surface area contributed by atoms with Crippen LogP contribution in [0.15, 0.2) is 65.0 Å². The molecule has 7 nitrogen and oxygen atoms in total. The summed E-state index contributed by atoms with van der Waals surface area (Å²) >= 11 is 7.35. The Bertz CT molecular complexity index is 1160. The minimum absolute atomic E-state index is 0.00212. The van der Waals surface area contributed by atoms with Crippen molar-refractivity contribution >= 4 is 29.1 Å². The van der Waals surface area contributed by atoms with Crippen molar-refractivity contribution in [3.8, 4) is 28.9 Å². The Balaban J connectivity index is 2.01. The monoisotopic (exact) mass is 453 g/mol. The number of benzene rings is 2. The molecule has 0 atom stereocenters. The second-order valence-corrected chi connectivity index (χ2v) is 7.84. The minimum Gasteiger partial charge on any atom is -0.494 e. The van der Waals surface area contributed by atoms with Gasteiger partial charge in [-0.2, -0.15) is 5.26 Å². The molecule has 0 aliphatic carbocycles. The van der Waals surface area contributed by atoms with Gasteiger partial charge in [0, 0.05) is 22.0 Å². The highest BCUT2D eigenvalue weighted by atomic mass is 35.5. The van der Waals surface area contributed by atoms with Gasteiger partial charge in [-0.15, -0.1) is 10.2 Å². The quantitative estimate of drug-likeness (QED) is 0.306. The summed E-state index contributed by atoms with van der Waals surface area (Å²) in [7, 11) is 0. The van der Waals surface area contributed by atoms with Crippen LogP contribution in [0.2, 0.25) is 5.02 Å². The lowest BCUT2D eigenvalue weighted by atomic mass is 10.2. The predicted molar refractivity (Wildman–Crippen MR) is 121 cm³/mol. The molecule has 2 aromatic carbocycles. The zero-order valence-electron chi connectivity index (χ0n) is 17.0. The van der Waals surface area contributed by atoms with Crippen LogP contribution in [0.25, 0.3) is 17.1 Å². The number of nitrogens with zero attached hydrogens (tertiary/aromatic N) is 4. The first-order chi connectivity index (χ1) is 14.9. The van der Waals surface area contributed by atoms with E-state index in [1.807, 2.05) is 54.0 Å². The van der Waals surface area contributed by atoms with E-state index in [0.29, 0.717) is 22.6 Å². The fraction of sp³-hybridized carbons (Fsp3) is 0.182. The van der Waals surface area contributed by atoms with Crippen molar-refractivity contribution < 1.29 is 9.53 Å². The highest BCUT2D eigenvalue weighted by molar-refractivity contribution is 7.99. The smallest absolute Gasteiger partial charge is 0.196 e. The maximum absolute atomic E-state index is 12.4. The molecule has 1 heterocycles. The van der Waals surface area contributed by atoms with Crippen molar-refractivity contribution in [3.05, 3.63) is 64.8 Å². The number of halogens is 1. The Morgan fingerprint density at radius 1 is 1.26 bits per heavy atom. The molecule has 1 aromatic heterocycles. The number of ether oxygens (including phenoxy) is 1. The third-order valence-electron chi connectivity index (χ3n) is 4.24. The highest BCUT2D eigenvalue weighted by Crippen LogP contribution is 2.30. The van der Waals surface area contributed by atoms with Crippen LogP contribution in [0.5, 0.6) is 5.75 Å². The molecular formula is C22H20ClN5O2S. The summed E-state index contributed by atoms with van der Waals surface area (Å²) in [5.41, 5.74) is 7.36. The molecule has 0 amide bonds. The molecule has 3 rings (SSSR count). The number of hydrogen-bond acceptors (Lipinski definition) is 7. The number of Topliss-reactive ketones (excluding diaryl/α,β-unsaturated/α-hetero) is 1. The van der Waals surface area contributed by atoms with E-state index in [-0.39, 0.29) is 22.8 Å². The average Bonchev–Trinajstić information content (AvgIpc) is 3.17. The molecule has 0 radical (unpaired) electrons. The molecule has 0 spiro atoms. The Hall–Kier alpha value is -3.28. The van der Waals surface area contributed by atoms with Crippen LogP contribution >= 0.6 is 23.4 Å². The van der Waals surface area contributed by atoms with Gasteiger partial charge in [-0.3, -0.25) is 9.36 Å². The van der Waals surface area contributed by atoms with Crippen molar-refractivity contribution in [2.45, 2.75) is 19.0 Å². The van der Waals surface area contributed by atoms with Crippen LogP contribution in [0, 0.1) is 11.3 Å². The van der Waals surface area contributed by atoms with Gasteiger partial charge in [-0.25, -0.2) is 0 Å². The Morgan fingerprint density at radius 3 is 2.61 bits per heavy atom. The largest absolute Gasteiger partial charge is 0.494 e. The molecule has 0 aliphatic heterocycles. The van der Waals surface area contributed by atoms with E-state index in [1.54, 1.807) is 12.1 Å².